The average molecular weight is 275 g/mol. The molecule has 2 amide bonds. The first-order valence-corrected chi connectivity index (χ1v) is 6.48. The highest BCUT2D eigenvalue weighted by molar-refractivity contribution is 6.05. The van der Waals surface area contributed by atoms with Gasteiger partial charge in [-0.1, -0.05) is 26.0 Å². The van der Waals surface area contributed by atoms with Crippen molar-refractivity contribution in [3.05, 3.63) is 35.4 Å². The van der Waals surface area contributed by atoms with Crippen LogP contribution in [0.4, 0.5) is 0 Å². The number of hydrogen-bond donors (Lipinski definition) is 1. The molecule has 0 saturated carbocycles. The maximum atomic E-state index is 12.0. The molecule has 0 unspecified atom stereocenters. The van der Waals surface area contributed by atoms with Crippen LogP contribution in [0.5, 0.6) is 0 Å². The van der Waals surface area contributed by atoms with Crippen molar-refractivity contribution in [1.29, 1.82) is 0 Å². The van der Waals surface area contributed by atoms with Crippen LogP contribution in [0, 0.1) is 5.41 Å². The first-order chi connectivity index (χ1) is 9.31. The highest BCUT2D eigenvalue weighted by atomic mass is 16.4. The Balaban J connectivity index is 2.00. The summed E-state index contributed by atoms with van der Waals surface area (Å²) in [6, 6.07) is 6.46. The molecule has 1 saturated heterocycles. The van der Waals surface area contributed by atoms with Gasteiger partial charge in [0.25, 0.3) is 0 Å². The summed E-state index contributed by atoms with van der Waals surface area (Å²) in [6.07, 6.45) is 0.789. The molecule has 1 fully saturated rings. The van der Waals surface area contributed by atoms with E-state index in [9.17, 15) is 14.4 Å². The zero-order valence-corrected chi connectivity index (χ0v) is 11.5. The Kier molecular flexibility index (Phi) is 3.61. The van der Waals surface area contributed by atoms with Gasteiger partial charge in [-0.3, -0.25) is 14.5 Å². The van der Waals surface area contributed by atoms with E-state index >= 15 is 0 Å². The fraction of sp³-hybridized carbons (Fsp3) is 0.400. The third-order valence-corrected chi connectivity index (χ3v) is 3.54. The number of carboxylic acid groups (broad SMARTS) is 1. The van der Waals surface area contributed by atoms with E-state index < -0.39 is 11.4 Å². The topological polar surface area (TPSA) is 74.7 Å². The van der Waals surface area contributed by atoms with Crippen LogP contribution in [0.25, 0.3) is 0 Å². The Morgan fingerprint density at radius 2 is 1.85 bits per heavy atom. The average Bonchev–Trinajstić information content (AvgIpc) is 2.57. The minimum absolute atomic E-state index is 0.135. The van der Waals surface area contributed by atoms with E-state index in [-0.39, 0.29) is 23.8 Å². The largest absolute Gasteiger partial charge is 0.478 e. The minimum atomic E-state index is -0.969. The van der Waals surface area contributed by atoms with Gasteiger partial charge in [-0.25, -0.2) is 4.79 Å². The second kappa shape index (κ2) is 5.07. The fourth-order valence-electron chi connectivity index (χ4n) is 2.31. The second-order valence-electron chi connectivity index (χ2n) is 5.66. The molecule has 1 aliphatic heterocycles. The number of rotatable bonds is 4. The van der Waals surface area contributed by atoms with Crippen LogP contribution < -0.4 is 0 Å². The number of benzene rings is 1. The van der Waals surface area contributed by atoms with Crippen molar-refractivity contribution in [2.75, 3.05) is 6.54 Å². The van der Waals surface area contributed by atoms with Crippen molar-refractivity contribution in [3.63, 3.8) is 0 Å². The predicted octanol–water partition coefficient (Wildman–Crippen LogP) is 1.71. The molecule has 0 aliphatic carbocycles. The zero-order chi connectivity index (χ0) is 14.9. The van der Waals surface area contributed by atoms with Crippen LogP contribution in [0.3, 0.4) is 0 Å². The van der Waals surface area contributed by atoms with Crippen LogP contribution in [0.2, 0.25) is 0 Å². The minimum Gasteiger partial charge on any atom is -0.478 e. The monoisotopic (exact) mass is 275 g/mol. The Bertz CT molecular complexity index is 560. The Morgan fingerprint density at radius 3 is 2.30 bits per heavy atom. The maximum absolute atomic E-state index is 12.0. The quantitative estimate of drug-likeness (QED) is 0.849. The van der Waals surface area contributed by atoms with Gasteiger partial charge in [0.05, 0.1) is 11.0 Å². The SMILES string of the molecule is CC1(C)CC(=O)N(CCc2ccc(C(=O)O)cc2)C1=O. The predicted molar refractivity (Wildman–Crippen MR) is 72.2 cm³/mol. The number of aromatic carboxylic acids is 1. The van der Waals surface area contributed by atoms with E-state index in [0.717, 1.165) is 5.56 Å². The maximum Gasteiger partial charge on any atom is 0.335 e. The molecule has 5 heteroatoms. The number of hydrogen-bond acceptors (Lipinski definition) is 3. The molecule has 0 radical (unpaired) electrons. The lowest BCUT2D eigenvalue weighted by Gasteiger charge is -2.17. The van der Waals surface area contributed by atoms with Crippen LogP contribution in [-0.2, 0) is 16.0 Å². The van der Waals surface area contributed by atoms with E-state index in [0.29, 0.717) is 13.0 Å². The van der Waals surface area contributed by atoms with Crippen molar-refractivity contribution >= 4 is 17.8 Å². The highest BCUT2D eigenvalue weighted by Crippen LogP contribution is 2.31. The third kappa shape index (κ3) is 2.71. The molecule has 1 N–H and O–H groups in total. The highest BCUT2D eigenvalue weighted by Gasteiger charge is 2.44. The smallest absolute Gasteiger partial charge is 0.335 e. The Hall–Kier alpha value is -2.17. The summed E-state index contributed by atoms with van der Waals surface area (Å²) in [5, 5.41) is 8.81. The molecule has 1 aromatic rings. The first kappa shape index (κ1) is 14.2. The summed E-state index contributed by atoms with van der Waals surface area (Å²) in [7, 11) is 0. The van der Waals surface area contributed by atoms with Gasteiger partial charge in [-0.15, -0.1) is 0 Å². The van der Waals surface area contributed by atoms with Gasteiger partial charge >= 0.3 is 5.97 Å². The van der Waals surface area contributed by atoms with Crippen molar-refractivity contribution < 1.29 is 19.5 Å². The first-order valence-electron chi connectivity index (χ1n) is 6.48. The summed E-state index contributed by atoms with van der Waals surface area (Å²) >= 11 is 0. The normalized spacial score (nSPS) is 17.6. The zero-order valence-electron chi connectivity index (χ0n) is 11.5. The number of carboxylic acids is 1. The van der Waals surface area contributed by atoms with Gasteiger partial charge in [0.1, 0.15) is 0 Å². The number of imide groups is 1. The summed E-state index contributed by atoms with van der Waals surface area (Å²) in [6.45, 7) is 3.89. The molecular formula is C15H17NO4. The molecule has 1 heterocycles. The van der Waals surface area contributed by atoms with Crippen LogP contribution in [-0.4, -0.2) is 34.3 Å². The molecule has 1 aromatic carbocycles. The van der Waals surface area contributed by atoms with Crippen molar-refractivity contribution in [2.45, 2.75) is 26.7 Å². The van der Waals surface area contributed by atoms with Crippen molar-refractivity contribution in [3.8, 4) is 0 Å². The van der Waals surface area contributed by atoms with Crippen LogP contribution >= 0.6 is 0 Å². The molecule has 2 rings (SSSR count). The van der Waals surface area contributed by atoms with Gasteiger partial charge in [-0.05, 0) is 24.1 Å². The van der Waals surface area contributed by atoms with Gasteiger partial charge < -0.3 is 5.11 Å². The summed E-state index contributed by atoms with van der Waals surface area (Å²) in [4.78, 5) is 35.9. The number of amides is 2. The van der Waals surface area contributed by atoms with Crippen molar-refractivity contribution in [2.24, 2.45) is 5.41 Å². The lowest BCUT2D eigenvalue weighted by atomic mass is 9.92. The lowest BCUT2D eigenvalue weighted by molar-refractivity contribution is -0.140. The summed E-state index contributed by atoms with van der Waals surface area (Å²) in [5.74, 6) is -1.24. The van der Waals surface area contributed by atoms with E-state index in [2.05, 4.69) is 0 Å². The van der Waals surface area contributed by atoms with E-state index in [1.54, 1.807) is 26.0 Å². The molecule has 20 heavy (non-hydrogen) atoms. The number of nitrogens with zero attached hydrogens (tertiary/aromatic N) is 1. The van der Waals surface area contributed by atoms with Gasteiger partial charge in [0.2, 0.25) is 11.8 Å². The second-order valence-corrected chi connectivity index (χ2v) is 5.66. The fourth-order valence-corrected chi connectivity index (χ4v) is 2.31. The molecule has 0 bridgehead atoms. The molecular weight excluding hydrogens is 258 g/mol. The number of likely N-dealkylation sites (tertiary alicyclic amines) is 1. The molecule has 1 aliphatic rings. The van der Waals surface area contributed by atoms with Gasteiger partial charge in [0.15, 0.2) is 0 Å². The van der Waals surface area contributed by atoms with Crippen LogP contribution in [0.15, 0.2) is 24.3 Å². The molecule has 0 aromatic heterocycles. The summed E-state index contributed by atoms with van der Waals surface area (Å²) in [5.41, 5.74) is 0.521. The van der Waals surface area contributed by atoms with E-state index in [1.807, 2.05) is 0 Å². The standard InChI is InChI=1S/C15H17NO4/c1-15(2)9-12(17)16(14(15)20)8-7-10-3-5-11(6-4-10)13(18)19/h3-6H,7-9H2,1-2H3,(H,18,19). The molecule has 0 spiro atoms. The van der Waals surface area contributed by atoms with Crippen LogP contribution in [0.1, 0.15) is 36.2 Å². The molecule has 106 valence electrons. The Morgan fingerprint density at radius 1 is 1.25 bits per heavy atom. The lowest BCUT2D eigenvalue weighted by Crippen LogP contribution is -2.34. The van der Waals surface area contributed by atoms with Gasteiger partial charge in [-0.2, -0.15) is 0 Å². The Labute approximate surface area is 117 Å². The number of carbonyl (C=O) groups is 3. The third-order valence-electron chi connectivity index (χ3n) is 3.54. The van der Waals surface area contributed by atoms with E-state index in [4.69, 9.17) is 5.11 Å². The van der Waals surface area contributed by atoms with E-state index in [1.165, 1.54) is 17.0 Å². The van der Waals surface area contributed by atoms with Gasteiger partial charge in [0, 0.05) is 13.0 Å². The number of carbonyl (C=O) groups excluding carboxylic acids is 2. The van der Waals surface area contributed by atoms with Crippen molar-refractivity contribution in [1.82, 2.24) is 4.90 Å². The molecule has 0 atom stereocenters. The summed E-state index contributed by atoms with van der Waals surface area (Å²) < 4.78 is 0. The molecule has 5 nitrogen and oxygen atoms in total.